The second-order valence-electron chi connectivity index (χ2n) is 10.5. The number of carbonyl (C=O) groups excluding carboxylic acids is 3. The molecule has 8 nitrogen and oxygen atoms in total. The average molecular weight is 489 g/mol. The molecule has 36 heavy (non-hydrogen) atoms. The van der Waals surface area contributed by atoms with Gasteiger partial charge < -0.3 is 20.3 Å². The Morgan fingerprint density at radius 1 is 1.19 bits per heavy atom. The Hall–Kier alpha value is -3.39. The van der Waals surface area contributed by atoms with Crippen molar-refractivity contribution in [2.45, 2.75) is 56.8 Å². The number of fused-ring (bicyclic) bond motifs is 2. The molecule has 6 rings (SSSR count). The first-order valence-corrected chi connectivity index (χ1v) is 12.9. The van der Waals surface area contributed by atoms with Crippen molar-refractivity contribution in [3.05, 3.63) is 65.2 Å². The van der Waals surface area contributed by atoms with Gasteiger partial charge >= 0.3 is 6.09 Å². The van der Waals surface area contributed by atoms with Crippen molar-refractivity contribution in [1.82, 2.24) is 15.1 Å². The summed E-state index contributed by atoms with van der Waals surface area (Å²) in [6, 6.07) is 16.2. The summed E-state index contributed by atoms with van der Waals surface area (Å²) in [7, 11) is 0. The van der Waals surface area contributed by atoms with Crippen molar-refractivity contribution >= 4 is 23.6 Å². The lowest BCUT2D eigenvalue weighted by atomic mass is 9.94. The first-order chi connectivity index (χ1) is 17.4. The van der Waals surface area contributed by atoms with E-state index in [2.05, 4.69) is 23.6 Å². The number of carbonyl (C=O) groups is 3. The molecule has 1 saturated carbocycles. The highest BCUT2D eigenvalue weighted by Crippen LogP contribution is 2.46. The number of benzene rings is 2. The molecule has 3 amide bonds. The maximum atomic E-state index is 13.6. The van der Waals surface area contributed by atoms with Crippen LogP contribution in [0.2, 0.25) is 0 Å². The van der Waals surface area contributed by atoms with E-state index in [9.17, 15) is 14.4 Å². The molecule has 8 heteroatoms. The molecule has 2 atom stereocenters. The molecule has 2 unspecified atom stereocenters. The number of imide groups is 1. The third kappa shape index (κ3) is 4.03. The average Bonchev–Trinajstić information content (AvgIpc) is 3.61. The number of ether oxygens (including phenoxy) is 1. The van der Waals surface area contributed by atoms with Crippen molar-refractivity contribution < 1.29 is 19.1 Å². The highest BCUT2D eigenvalue weighted by molar-refractivity contribution is 6.06. The third-order valence-electron chi connectivity index (χ3n) is 8.12. The highest BCUT2D eigenvalue weighted by atomic mass is 16.6. The molecule has 2 heterocycles. The molecule has 188 valence electrons. The fourth-order valence-corrected chi connectivity index (χ4v) is 5.67. The zero-order chi connectivity index (χ0) is 24.9. The molecule has 0 radical (unpaired) electrons. The van der Waals surface area contributed by atoms with Crippen LogP contribution in [0.25, 0.3) is 0 Å². The Balaban J connectivity index is 1.20. The van der Waals surface area contributed by atoms with Gasteiger partial charge in [0.05, 0.1) is 6.04 Å². The molecule has 2 aliphatic carbocycles. The van der Waals surface area contributed by atoms with E-state index < -0.39 is 17.6 Å². The van der Waals surface area contributed by atoms with E-state index in [1.165, 1.54) is 0 Å². The molecular formula is C28H32N4O4. The van der Waals surface area contributed by atoms with Gasteiger partial charge in [-0.05, 0) is 55.4 Å². The summed E-state index contributed by atoms with van der Waals surface area (Å²) in [6.07, 6.45) is 2.50. The molecule has 2 aliphatic heterocycles. The fraction of sp³-hybridized carbons (Fsp3) is 0.464. The van der Waals surface area contributed by atoms with E-state index in [0.717, 1.165) is 53.2 Å². The number of amides is 3. The predicted molar refractivity (Wildman–Crippen MR) is 134 cm³/mol. The van der Waals surface area contributed by atoms with Crippen LogP contribution < -0.4 is 10.6 Å². The lowest BCUT2D eigenvalue weighted by molar-refractivity contribution is -0.143. The van der Waals surface area contributed by atoms with Crippen LogP contribution in [0.1, 0.15) is 42.9 Å². The summed E-state index contributed by atoms with van der Waals surface area (Å²) in [4.78, 5) is 42.9. The standard InChI is InChI=1S/C28H32N4O4/c1-18(20-7-8-20)31(16-19-5-3-2-4-6-19)25(33)17-32-26(34)28(36-27(32)35)12-11-21-13-22(9-10-24(21)28)30-23-14-29-15-23/h2-6,9-10,13,18,20,23,29-30H,7-8,11-12,14-17H2,1H3. The topological polar surface area (TPSA) is 91.0 Å². The summed E-state index contributed by atoms with van der Waals surface area (Å²) in [6.45, 7) is 4.08. The van der Waals surface area contributed by atoms with Gasteiger partial charge in [0.15, 0.2) is 0 Å². The first kappa shape index (κ1) is 23.0. The number of hydrogen-bond donors (Lipinski definition) is 2. The minimum absolute atomic E-state index is 0.0457. The van der Waals surface area contributed by atoms with Crippen molar-refractivity contribution in [2.75, 3.05) is 25.0 Å². The number of hydrogen-bond acceptors (Lipinski definition) is 6. The Labute approximate surface area is 211 Å². The molecular weight excluding hydrogens is 456 g/mol. The molecule has 0 aromatic heterocycles. The zero-order valence-corrected chi connectivity index (χ0v) is 20.5. The van der Waals surface area contributed by atoms with E-state index in [-0.39, 0.29) is 18.5 Å². The summed E-state index contributed by atoms with van der Waals surface area (Å²) in [5, 5.41) is 6.72. The zero-order valence-electron chi connectivity index (χ0n) is 20.5. The Morgan fingerprint density at radius 2 is 1.97 bits per heavy atom. The van der Waals surface area contributed by atoms with Crippen LogP contribution in [0, 0.1) is 5.92 Å². The molecule has 2 aromatic carbocycles. The molecule has 2 aromatic rings. The molecule has 2 N–H and O–H groups in total. The molecule has 0 bridgehead atoms. The van der Waals surface area contributed by atoms with Gasteiger partial charge in [0.2, 0.25) is 11.5 Å². The van der Waals surface area contributed by atoms with Crippen LogP contribution in [0.3, 0.4) is 0 Å². The summed E-state index contributed by atoms with van der Waals surface area (Å²) in [5.74, 6) is -0.194. The van der Waals surface area contributed by atoms with Crippen LogP contribution >= 0.6 is 0 Å². The van der Waals surface area contributed by atoms with Crippen molar-refractivity contribution in [1.29, 1.82) is 0 Å². The van der Waals surface area contributed by atoms with Gasteiger partial charge in [-0.3, -0.25) is 9.59 Å². The Bertz CT molecular complexity index is 1190. The van der Waals surface area contributed by atoms with Crippen LogP contribution in [-0.4, -0.2) is 59.4 Å². The lowest BCUT2D eigenvalue weighted by Gasteiger charge is -2.30. The fourth-order valence-electron chi connectivity index (χ4n) is 5.67. The van der Waals surface area contributed by atoms with Crippen LogP contribution in [0.15, 0.2) is 48.5 Å². The predicted octanol–water partition coefficient (Wildman–Crippen LogP) is 3.02. The summed E-state index contributed by atoms with van der Waals surface area (Å²) in [5.41, 5.74) is 2.45. The van der Waals surface area contributed by atoms with Gasteiger partial charge in [0.1, 0.15) is 6.54 Å². The molecule has 4 aliphatic rings. The Kier molecular flexibility index (Phi) is 5.71. The van der Waals surface area contributed by atoms with E-state index in [0.29, 0.717) is 31.3 Å². The normalized spacial score (nSPS) is 23.9. The van der Waals surface area contributed by atoms with E-state index in [1.807, 2.05) is 47.4 Å². The van der Waals surface area contributed by atoms with E-state index in [1.54, 1.807) is 0 Å². The number of nitrogens with zero attached hydrogens (tertiary/aromatic N) is 2. The molecule has 1 spiro atoms. The van der Waals surface area contributed by atoms with Gasteiger partial charge in [-0.15, -0.1) is 0 Å². The largest absolute Gasteiger partial charge is 0.427 e. The number of aryl methyl sites for hydroxylation is 1. The molecule has 2 saturated heterocycles. The van der Waals surface area contributed by atoms with Gasteiger partial charge in [-0.1, -0.05) is 36.4 Å². The van der Waals surface area contributed by atoms with Crippen molar-refractivity contribution in [3.63, 3.8) is 0 Å². The smallest absolute Gasteiger partial charge is 0.418 e. The first-order valence-electron chi connectivity index (χ1n) is 12.9. The monoisotopic (exact) mass is 488 g/mol. The van der Waals surface area contributed by atoms with Gasteiger partial charge in [-0.2, -0.15) is 0 Å². The summed E-state index contributed by atoms with van der Waals surface area (Å²) >= 11 is 0. The van der Waals surface area contributed by atoms with Crippen LogP contribution in [0.5, 0.6) is 0 Å². The summed E-state index contributed by atoms with van der Waals surface area (Å²) < 4.78 is 5.77. The number of nitrogens with one attached hydrogen (secondary N) is 2. The Morgan fingerprint density at radius 3 is 2.67 bits per heavy atom. The van der Waals surface area contributed by atoms with E-state index >= 15 is 0 Å². The maximum Gasteiger partial charge on any atom is 0.418 e. The quantitative estimate of drug-likeness (QED) is 0.594. The minimum Gasteiger partial charge on any atom is -0.427 e. The van der Waals surface area contributed by atoms with Crippen LogP contribution in [0.4, 0.5) is 10.5 Å². The van der Waals surface area contributed by atoms with Gasteiger partial charge in [0.25, 0.3) is 5.91 Å². The number of rotatable bonds is 8. The van der Waals surface area contributed by atoms with Crippen molar-refractivity contribution in [3.8, 4) is 0 Å². The maximum absolute atomic E-state index is 13.6. The second-order valence-corrected chi connectivity index (χ2v) is 10.5. The van der Waals surface area contributed by atoms with Gasteiger partial charge in [-0.25, -0.2) is 9.69 Å². The molecule has 3 fully saturated rings. The number of anilines is 1. The van der Waals surface area contributed by atoms with Crippen molar-refractivity contribution in [2.24, 2.45) is 5.92 Å². The van der Waals surface area contributed by atoms with Gasteiger partial charge in [0, 0.05) is 43.3 Å². The SMILES string of the molecule is CC(C1CC1)N(Cc1ccccc1)C(=O)CN1C(=O)OC2(CCc3cc(NC4CNC4)ccc32)C1=O. The highest BCUT2D eigenvalue weighted by Gasteiger charge is 2.58. The van der Waals surface area contributed by atoms with Crippen LogP contribution in [-0.2, 0) is 32.9 Å². The lowest BCUT2D eigenvalue weighted by Crippen LogP contribution is -2.51. The second kappa shape index (κ2) is 8.92. The minimum atomic E-state index is -1.32. The third-order valence-corrected chi connectivity index (χ3v) is 8.12. The van der Waals surface area contributed by atoms with E-state index in [4.69, 9.17) is 4.74 Å².